The first-order valence-corrected chi connectivity index (χ1v) is 10.4. The second kappa shape index (κ2) is 7.89. The van der Waals surface area contributed by atoms with Crippen LogP contribution >= 0.6 is 22.7 Å². The summed E-state index contributed by atoms with van der Waals surface area (Å²) < 4.78 is 0. The summed E-state index contributed by atoms with van der Waals surface area (Å²) in [5.41, 5.74) is 2.15. The van der Waals surface area contributed by atoms with Crippen molar-refractivity contribution in [3.8, 4) is 0 Å². The van der Waals surface area contributed by atoms with Gasteiger partial charge in [0.1, 0.15) is 0 Å². The Balaban J connectivity index is 1.50. The Bertz CT molecular complexity index is 971. The number of rotatable bonds is 7. The molecule has 1 amide bonds. The number of hydrogen-bond donors (Lipinski definition) is 1. The number of amides is 1. The van der Waals surface area contributed by atoms with Gasteiger partial charge in [-0.15, -0.1) is 22.7 Å². The number of hydrogen-bond acceptors (Lipinski definition) is 3. The highest BCUT2D eigenvalue weighted by Crippen LogP contribution is 2.20. The lowest BCUT2D eigenvalue weighted by atomic mass is 10.1. The van der Waals surface area contributed by atoms with Crippen LogP contribution in [0.4, 0.5) is 0 Å². The molecule has 0 saturated heterocycles. The molecular formula is C21H20N2OS2. The quantitative estimate of drug-likeness (QED) is 0.475. The third-order valence-corrected chi connectivity index (χ3v) is 6.30. The van der Waals surface area contributed by atoms with Crippen molar-refractivity contribution in [2.75, 3.05) is 6.54 Å². The molecule has 1 aromatic carbocycles. The number of benzene rings is 1. The lowest BCUT2D eigenvalue weighted by Crippen LogP contribution is -2.33. The Labute approximate surface area is 160 Å². The molecule has 1 N–H and O–H groups in total. The molecule has 0 fully saturated rings. The van der Waals surface area contributed by atoms with E-state index in [0.717, 1.165) is 29.4 Å². The van der Waals surface area contributed by atoms with E-state index in [0.29, 0.717) is 13.0 Å². The van der Waals surface area contributed by atoms with Gasteiger partial charge in [-0.1, -0.05) is 30.3 Å². The van der Waals surface area contributed by atoms with Crippen LogP contribution in [0.25, 0.3) is 10.9 Å². The van der Waals surface area contributed by atoms with Gasteiger partial charge in [-0.05, 0) is 40.9 Å². The third kappa shape index (κ3) is 3.89. The number of para-hydroxylation sites is 1. The van der Waals surface area contributed by atoms with Gasteiger partial charge in [0, 0.05) is 33.4 Å². The molecule has 0 aliphatic heterocycles. The summed E-state index contributed by atoms with van der Waals surface area (Å²) in [5.74, 6) is 0.180. The molecule has 0 spiro atoms. The zero-order valence-corrected chi connectivity index (χ0v) is 16.0. The number of aromatic nitrogens is 1. The van der Waals surface area contributed by atoms with Crippen LogP contribution in [0.3, 0.4) is 0 Å². The number of fused-ring (bicyclic) bond motifs is 1. The third-order valence-electron chi connectivity index (χ3n) is 4.50. The molecule has 0 unspecified atom stereocenters. The first-order chi connectivity index (χ1) is 12.8. The molecule has 26 heavy (non-hydrogen) atoms. The maximum Gasteiger partial charge on any atom is 0.227 e. The number of nitrogens with one attached hydrogen (secondary N) is 1. The van der Waals surface area contributed by atoms with Gasteiger partial charge >= 0.3 is 0 Å². The fraction of sp³-hybridized carbons (Fsp3) is 0.190. The average Bonchev–Trinajstić information content (AvgIpc) is 3.41. The average molecular weight is 381 g/mol. The van der Waals surface area contributed by atoms with Crippen LogP contribution < -0.4 is 0 Å². The van der Waals surface area contributed by atoms with Crippen molar-refractivity contribution in [2.45, 2.75) is 19.4 Å². The van der Waals surface area contributed by atoms with Gasteiger partial charge in [0.05, 0.1) is 13.0 Å². The van der Waals surface area contributed by atoms with Crippen molar-refractivity contribution < 1.29 is 4.79 Å². The molecule has 3 heterocycles. The van der Waals surface area contributed by atoms with Gasteiger partial charge in [-0.25, -0.2) is 0 Å². The topological polar surface area (TPSA) is 36.1 Å². The van der Waals surface area contributed by atoms with E-state index in [2.05, 4.69) is 40.0 Å². The first-order valence-electron chi connectivity index (χ1n) is 8.67. The minimum absolute atomic E-state index is 0.180. The summed E-state index contributed by atoms with van der Waals surface area (Å²) in [4.78, 5) is 20.9. The minimum Gasteiger partial charge on any atom is -0.361 e. The standard InChI is InChI=1S/C21H20N2OS2/c24-21(13-16-14-22-20-8-2-1-7-19(16)20)23(15-18-6-4-12-26-18)10-9-17-5-3-11-25-17/h1-8,11-12,14,22H,9-10,13,15H2. The first kappa shape index (κ1) is 17.1. The molecule has 0 bridgehead atoms. The van der Waals surface area contributed by atoms with E-state index in [1.54, 1.807) is 22.7 Å². The summed E-state index contributed by atoms with van der Waals surface area (Å²) in [5, 5.41) is 5.29. The monoisotopic (exact) mass is 380 g/mol. The van der Waals surface area contributed by atoms with Crippen LogP contribution in [-0.4, -0.2) is 22.3 Å². The molecule has 0 radical (unpaired) electrons. The molecule has 3 nitrogen and oxygen atoms in total. The highest BCUT2D eigenvalue weighted by atomic mass is 32.1. The zero-order valence-electron chi connectivity index (χ0n) is 14.4. The number of nitrogens with zero attached hydrogens (tertiary/aromatic N) is 1. The number of carbonyl (C=O) groups is 1. The molecule has 0 saturated carbocycles. The largest absolute Gasteiger partial charge is 0.361 e. The maximum atomic E-state index is 13.1. The van der Waals surface area contributed by atoms with E-state index < -0.39 is 0 Å². The van der Waals surface area contributed by atoms with Gasteiger partial charge in [-0.2, -0.15) is 0 Å². The van der Waals surface area contributed by atoms with Gasteiger partial charge in [0.25, 0.3) is 0 Å². The van der Waals surface area contributed by atoms with Crippen molar-refractivity contribution in [3.05, 3.63) is 80.8 Å². The summed E-state index contributed by atoms with van der Waals surface area (Å²) >= 11 is 3.46. The smallest absolute Gasteiger partial charge is 0.227 e. The van der Waals surface area contributed by atoms with Crippen molar-refractivity contribution in [3.63, 3.8) is 0 Å². The van der Waals surface area contributed by atoms with E-state index in [-0.39, 0.29) is 5.91 Å². The van der Waals surface area contributed by atoms with Gasteiger partial charge < -0.3 is 9.88 Å². The van der Waals surface area contributed by atoms with Crippen molar-refractivity contribution in [2.24, 2.45) is 0 Å². The zero-order chi connectivity index (χ0) is 17.8. The van der Waals surface area contributed by atoms with E-state index in [1.165, 1.54) is 9.75 Å². The van der Waals surface area contributed by atoms with E-state index in [1.807, 2.05) is 35.4 Å². The van der Waals surface area contributed by atoms with Crippen molar-refractivity contribution in [1.29, 1.82) is 0 Å². The second-order valence-electron chi connectivity index (χ2n) is 6.26. The molecule has 0 aliphatic carbocycles. The van der Waals surface area contributed by atoms with Gasteiger partial charge in [0.15, 0.2) is 0 Å². The predicted molar refractivity (Wildman–Crippen MR) is 110 cm³/mol. The molecule has 4 aromatic rings. The Morgan fingerprint density at radius 2 is 1.73 bits per heavy atom. The number of carbonyl (C=O) groups excluding carboxylic acids is 1. The molecular weight excluding hydrogens is 360 g/mol. The lowest BCUT2D eigenvalue weighted by molar-refractivity contribution is -0.131. The predicted octanol–water partition coefficient (Wildman–Crippen LogP) is 5.10. The van der Waals surface area contributed by atoms with Crippen LogP contribution in [0.2, 0.25) is 0 Å². The molecule has 0 aliphatic rings. The molecule has 132 valence electrons. The fourth-order valence-corrected chi connectivity index (χ4v) is 4.55. The highest BCUT2D eigenvalue weighted by molar-refractivity contribution is 7.10. The summed E-state index contributed by atoms with van der Waals surface area (Å²) in [6, 6.07) is 16.5. The van der Waals surface area contributed by atoms with Crippen molar-refractivity contribution in [1.82, 2.24) is 9.88 Å². The van der Waals surface area contributed by atoms with Crippen LogP contribution in [-0.2, 0) is 24.2 Å². The SMILES string of the molecule is O=C(Cc1c[nH]c2ccccc12)N(CCc1cccs1)Cc1cccs1. The van der Waals surface area contributed by atoms with Crippen LogP contribution in [0.1, 0.15) is 15.3 Å². The number of H-pyrrole nitrogens is 1. The Morgan fingerprint density at radius 1 is 0.962 bits per heavy atom. The highest BCUT2D eigenvalue weighted by Gasteiger charge is 2.17. The second-order valence-corrected chi connectivity index (χ2v) is 8.32. The maximum absolute atomic E-state index is 13.1. The van der Waals surface area contributed by atoms with Gasteiger partial charge in [-0.3, -0.25) is 4.79 Å². The van der Waals surface area contributed by atoms with Gasteiger partial charge in [0.2, 0.25) is 5.91 Å². The Kier molecular flexibility index (Phi) is 5.18. The number of aromatic amines is 1. The summed E-state index contributed by atoms with van der Waals surface area (Å²) in [6.07, 6.45) is 3.30. The van der Waals surface area contributed by atoms with E-state index in [9.17, 15) is 4.79 Å². The fourth-order valence-electron chi connectivity index (χ4n) is 3.14. The molecule has 5 heteroatoms. The summed E-state index contributed by atoms with van der Waals surface area (Å²) in [7, 11) is 0. The summed E-state index contributed by atoms with van der Waals surface area (Å²) in [6.45, 7) is 1.43. The van der Waals surface area contributed by atoms with E-state index >= 15 is 0 Å². The van der Waals surface area contributed by atoms with Crippen molar-refractivity contribution >= 4 is 39.5 Å². The van der Waals surface area contributed by atoms with Crippen LogP contribution in [0, 0.1) is 0 Å². The minimum atomic E-state index is 0.180. The van der Waals surface area contributed by atoms with E-state index in [4.69, 9.17) is 0 Å². The Hall–Kier alpha value is -2.37. The number of thiophene rings is 2. The molecule has 3 aromatic heterocycles. The normalized spacial score (nSPS) is 11.1. The molecule has 0 atom stereocenters. The lowest BCUT2D eigenvalue weighted by Gasteiger charge is -2.22. The Morgan fingerprint density at radius 3 is 2.50 bits per heavy atom. The molecule has 4 rings (SSSR count). The van der Waals surface area contributed by atoms with Crippen LogP contribution in [0.15, 0.2) is 65.5 Å². The van der Waals surface area contributed by atoms with Crippen LogP contribution in [0.5, 0.6) is 0 Å².